The Bertz CT molecular complexity index is 897. The second kappa shape index (κ2) is 7.36. The first-order valence-corrected chi connectivity index (χ1v) is 8.75. The summed E-state index contributed by atoms with van der Waals surface area (Å²) in [6, 6.07) is 12.2. The third-order valence-electron chi connectivity index (χ3n) is 3.99. The van der Waals surface area contributed by atoms with E-state index in [-0.39, 0.29) is 0 Å². The van der Waals surface area contributed by atoms with E-state index in [4.69, 9.17) is 5.73 Å². The molecule has 1 aromatic carbocycles. The van der Waals surface area contributed by atoms with Crippen molar-refractivity contribution in [2.45, 2.75) is 20.3 Å². The molecule has 0 fully saturated rings. The summed E-state index contributed by atoms with van der Waals surface area (Å²) in [7, 11) is 0. The van der Waals surface area contributed by atoms with Gasteiger partial charge in [-0.2, -0.15) is 0 Å². The highest BCUT2D eigenvalue weighted by Gasteiger charge is 2.09. The van der Waals surface area contributed by atoms with Crippen molar-refractivity contribution in [3.05, 3.63) is 64.9 Å². The molecule has 128 valence electrons. The van der Waals surface area contributed by atoms with Crippen molar-refractivity contribution < 1.29 is 4.79 Å². The number of thiophene rings is 2. The minimum absolute atomic E-state index is 0.629. The van der Waals surface area contributed by atoms with Crippen molar-refractivity contribution >= 4 is 38.7 Å². The lowest BCUT2D eigenvalue weighted by atomic mass is 9.98. The molecular formula is C19H20N4OS. The molecule has 0 radical (unpaired) electrons. The number of hydrazine groups is 1. The van der Waals surface area contributed by atoms with E-state index in [2.05, 4.69) is 66.1 Å². The minimum atomic E-state index is -0.633. The lowest BCUT2D eigenvalue weighted by molar-refractivity contribution is 0.247. The molecule has 5 nitrogen and oxygen atoms in total. The van der Waals surface area contributed by atoms with Crippen LogP contribution in [0.25, 0.3) is 15.5 Å². The quantitative estimate of drug-likeness (QED) is 0.539. The fraction of sp³-hybridized carbons (Fsp3) is 0.158. The number of hydrogen-bond acceptors (Lipinski definition) is 4. The zero-order chi connectivity index (χ0) is 17.8. The second-order valence-electron chi connectivity index (χ2n) is 5.89. The molecule has 6 heteroatoms. The van der Waals surface area contributed by atoms with Crippen molar-refractivity contribution in [1.82, 2.24) is 10.9 Å². The Hall–Kier alpha value is -2.86. The number of aliphatic imine (C=N–C) groups is 1. The van der Waals surface area contributed by atoms with Crippen molar-refractivity contribution in [2.24, 2.45) is 10.7 Å². The summed E-state index contributed by atoms with van der Waals surface area (Å²) in [6.07, 6.45) is 4.30. The highest BCUT2D eigenvalue weighted by Crippen LogP contribution is 2.22. The molecule has 0 aliphatic carbocycles. The van der Waals surface area contributed by atoms with Gasteiger partial charge in [-0.3, -0.25) is 10.9 Å². The maximum atomic E-state index is 10.6. The largest absolute Gasteiger partial charge is 0.350 e. The molecule has 1 aliphatic rings. The van der Waals surface area contributed by atoms with Crippen LogP contribution in [0.1, 0.15) is 22.3 Å². The van der Waals surface area contributed by atoms with Crippen LogP contribution < -0.4 is 16.6 Å². The molecule has 3 aromatic rings. The Morgan fingerprint density at radius 1 is 1.12 bits per heavy atom. The van der Waals surface area contributed by atoms with Gasteiger partial charge in [0.1, 0.15) is 5.84 Å². The number of nitrogens with two attached hydrogens (primary N) is 1. The molecule has 2 bridgehead atoms. The van der Waals surface area contributed by atoms with Crippen molar-refractivity contribution in [3.8, 4) is 0 Å². The number of rotatable bonds is 0. The number of hydrogen-bond donors (Lipinski definition) is 3. The van der Waals surface area contributed by atoms with Crippen LogP contribution in [-0.4, -0.2) is 11.9 Å². The standard InChI is InChI=1S/C13H16N4O.C6H4S/c1-8-5-10-3-4-15-12(16-17-13(14)18)7-11(10)6-9(8)2;1-2-6-4-3-5(1)7-6/h3-6H,7H2,1-2H3,(H,15,16)(H3,14,17,18);1-4H. The molecule has 0 spiro atoms. The number of fused-ring (bicyclic) bond motifs is 3. The maximum absolute atomic E-state index is 10.6. The lowest BCUT2D eigenvalue weighted by Crippen LogP contribution is -2.45. The molecule has 2 aromatic heterocycles. The predicted octanol–water partition coefficient (Wildman–Crippen LogP) is 3.74. The topological polar surface area (TPSA) is 79.5 Å². The zero-order valence-corrected chi connectivity index (χ0v) is 15.0. The van der Waals surface area contributed by atoms with Gasteiger partial charge in [0.2, 0.25) is 0 Å². The van der Waals surface area contributed by atoms with Gasteiger partial charge in [-0.1, -0.05) is 12.1 Å². The monoisotopic (exact) mass is 352 g/mol. The number of primary amides is 1. The number of urea groups is 1. The van der Waals surface area contributed by atoms with Crippen LogP contribution in [-0.2, 0) is 6.42 Å². The SMILES string of the molecule is Cc1cc2c(cc1C)CC(NNC(N)=O)=NC=C2.c1cc2ccc1s2. The van der Waals surface area contributed by atoms with Gasteiger partial charge in [-0.15, -0.1) is 11.3 Å². The minimum Gasteiger partial charge on any atom is -0.350 e. The van der Waals surface area contributed by atoms with Gasteiger partial charge in [0.05, 0.1) is 0 Å². The molecule has 4 rings (SSSR count). The van der Waals surface area contributed by atoms with Crippen LogP contribution in [0, 0.1) is 13.8 Å². The Morgan fingerprint density at radius 3 is 2.32 bits per heavy atom. The third-order valence-corrected chi connectivity index (χ3v) is 5.00. The Labute approximate surface area is 150 Å². The maximum Gasteiger partial charge on any atom is 0.330 e. The number of nitrogens with one attached hydrogen (secondary N) is 2. The summed E-state index contributed by atoms with van der Waals surface area (Å²) in [4.78, 5) is 14.9. The van der Waals surface area contributed by atoms with Gasteiger partial charge in [0.15, 0.2) is 0 Å². The van der Waals surface area contributed by atoms with Gasteiger partial charge in [0.25, 0.3) is 0 Å². The Morgan fingerprint density at radius 2 is 1.76 bits per heavy atom. The van der Waals surface area contributed by atoms with Gasteiger partial charge >= 0.3 is 6.03 Å². The fourth-order valence-electron chi connectivity index (χ4n) is 2.56. The normalized spacial score (nSPS) is 12.6. The molecule has 2 amide bonds. The first-order valence-electron chi connectivity index (χ1n) is 7.94. The average molecular weight is 352 g/mol. The molecule has 25 heavy (non-hydrogen) atoms. The molecular weight excluding hydrogens is 332 g/mol. The first kappa shape index (κ1) is 17.0. The zero-order valence-electron chi connectivity index (χ0n) is 14.2. The molecule has 3 heterocycles. The van der Waals surface area contributed by atoms with Crippen LogP contribution in [0.5, 0.6) is 0 Å². The number of amidine groups is 1. The average Bonchev–Trinajstić information content (AvgIpc) is 3.18. The number of nitrogens with zero attached hydrogens (tertiary/aromatic N) is 1. The van der Waals surface area contributed by atoms with Crippen molar-refractivity contribution in [1.29, 1.82) is 0 Å². The van der Waals surface area contributed by atoms with E-state index in [0.717, 1.165) is 5.56 Å². The van der Waals surface area contributed by atoms with E-state index >= 15 is 0 Å². The summed E-state index contributed by atoms with van der Waals surface area (Å²) in [5.41, 5.74) is 14.9. The smallest absolute Gasteiger partial charge is 0.330 e. The molecule has 0 saturated heterocycles. The molecule has 0 unspecified atom stereocenters. The van der Waals surface area contributed by atoms with Crippen LogP contribution in [0.3, 0.4) is 0 Å². The third kappa shape index (κ3) is 4.36. The van der Waals surface area contributed by atoms with Gasteiger partial charge in [-0.05, 0) is 66.4 Å². The van der Waals surface area contributed by atoms with Gasteiger partial charge in [-0.25, -0.2) is 9.79 Å². The molecule has 0 atom stereocenters. The van der Waals surface area contributed by atoms with Gasteiger partial charge < -0.3 is 5.73 Å². The summed E-state index contributed by atoms with van der Waals surface area (Å²) in [5.74, 6) is 0.659. The summed E-state index contributed by atoms with van der Waals surface area (Å²) in [5, 5.41) is 0. The van der Waals surface area contributed by atoms with E-state index in [0.29, 0.717) is 12.3 Å². The van der Waals surface area contributed by atoms with Gasteiger partial charge in [0, 0.05) is 22.0 Å². The number of amides is 2. The Kier molecular flexibility index (Phi) is 5.00. The number of benzene rings is 2. The highest BCUT2D eigenvalue weighted by atomic mass is 32.1. The fourth-order valence-corrected chi connectivity index (χ4v) is 3.38. The van der Waals surface area contributed by atoms with Crippen LogP contribution in [0.4, 0.5) is 4.79 Å². The summed E-state index contributed by atoms with van der Waals surface area (Å²) in [6.45, 7) is 4.17. The number of aryl methyl sites for hydroxylation is 2. The van der Waals surface area contributed by atoms with E-state index in [1.165, 1.54) is 26.1 Å². The number of carbonyl (C=O) groups is 1. The predicted molar refractivity (Wildman–Crippen MR) is 105 cm³/mol. The summed E-state index contributed by atoms with van der Waals surface area (Å²) < 4.78 is 2.77. The van der Waals surface area contributed by atoms with E-state index in [1.54, 1.807) is 6.20 Å². The number of carbonyl (C=O) groups excluding carboxylic acids is 1. The molecule has 0 saturated carbocycles. The van der Waals surface area contributed by atoms with E-state index in [9.17, 15) is 4.79 Å². The lowest BCUT2D eigenvalue weighted by Gasteiger charge is -2.11. The highest BCUT2D eigenvalue weighted by molar-refractivity contribution is 7.24. The van der Waals surface area contributed by atoms with Crippen molar-refractivity contribution in [2.75, 3.05) is 0 Å². The van der Waals surface area contributed by atoms with E-state index < -0.39 is 6.03 Å². The second-order valence-corrected chi connectivity index (χ2v) is 7.04. The van der Waals surface area contributed by atoms with Crippen molar-refractivity contribution in [3.63, 3.8) is 0 Å². The van der Waals surface area contributed by atoms with Crippen LogP contribution in [0.15, 0.2) is 47.6 Å². The molecule has 4 N–H and O–H groups in total. The van der Waals surface area contributed by atoms with E-state index in [1.807, 2.05) is 17.4 Å². The van der Waals surface area contributed by atoms with Crippen LogP contribution >= 0.6 is 11.3 Å². The molecule has 1 aliphatic heterocycles. The summed E-state index contributed by atoms with van der Waals surface area (Å²) >= 11 is 1.84. The Balaban J connectivity index is 0.000000213. The van der Waals surface area contributed by atoms with Crippen LogP contribution in [0.2, 0.25) is 0 Å². The first-order chi connectivity index (χ1) is 12.0.